The van der Waals surface area contributed by atoms with Crippen molar-refractivity contribution < 1.29 is 19.1 Å². The molecule has 1 unspecified atom stereocenters. The molecule has 0 radical (unpaired) electrons. The minimum absolute atomic E-state index is 0.211. The van der Waals surface area contributed by atoms with Gasteiger partial charge < -0.3 is 14.8 Å². The van der Waals surface area contributed by atoms with E-state index in [1.807, 2.05) is 0 Å². The highest BCUT2D eigenvalue weighted by Crippen LogP contribution is 2.37. The predicted molar refractivity (Wildman–Crippen MR) is 87.2 cm³/mol. The third-order valence-corrected chi connectivity index (χ3v) is 4.63. The van der Waals surface area contributed by atoms with Crippen LogP contribution in [0.5, 0.6) is 0 Å². The molecule has 1 aliphatic heterocycles. The summed E-state index contributed by atoms with van der Waals surface area (Å²) in [6.45, 7) is 1.94. The van der Waals surface area contributed by atoms with Gasteiger partial charge in [0.2, 0.25) is 0 Å². The Morgan fingerprint density at radius 2 is 2.00 bits per heavy atom. The van der Waals surface area contributed by atoms with E-state index in [-0.39, 0.29) is 6.61 Å². The molecule has 1 aromatic rings. The number of ether oxygens (including phenoxy) is 2. The van der Waals surface area contributed by atoms with Crippen LogP contribution < -0.4 is 5.32 Å². The highest BCUT2D eigenvalue weighted by molar-refractivity contribution is 9.10. The van der Waals surface area contributed by atoms with E-state index in [1.165, 1.54) is 0 Å². The largest absolute Gasteiger partial charge is 0.461 e. The number of allylic oxidation sites excluding steroid dienone is 1. The van der Waals surface area contributed by atoms with Crippen LogP contribution in [0.15, 0.2) is 40.0 Å². The molecule has 1 atom stereocenters. The summed E-state index contributed by atoms with van der Waals surface area (Å²) >= 11 is 3.37. The monoisotopic (exact) mass is 379 g/mol. The van der Waals surface area contributed by atoms with Crippen LogP contribution in [-0.4, -0.2) is 18.5 Å². The lowest BCUT2D eigenvalue weighted by molar-refractivity contribution is -0.188. The normalized spacial score (nSPS) is 23.7. The first kappa shape index (κ1) is 16.1. The van der Waals surface area contributed by atoms with Gasteiger partial charge in [0.05, 0.1) is 12.2 Å². The zero-order valence-corrected chi connectivity index (χ0v) is 14.4. The molecule has 0 spiro atoms. The van der Waals surface area contributed by atoms with Crippen LogP contribution in [0.1, 0.15) is 38.2 Å². The van der Waals surface area contributed by atoms with E-state index in [0.29, 0.717) is 17.6 Å². The molecule has 122 valence electrons. The van der Waals surface area contributed by atoms with Crippen molar-refractivity contribution in [1.82, 2.24) is 5.32 Å². The summed E-state index contributed by atoms with van der Waals surface area (Å²) in [7, 11) is 0. The summed E-state index contributed by atoms with van der Waals surface area (Å²) in [5.41, 5.74) is 0.380. The Morgan fingerprint density at radius 3 is 2.70 bits per heavy atom. The smallest absolute Gasteiger partial charge is 0.377 e. The molecule has 1 aliphatic carbocycles. The average molecular weight is 380 g/mol. The van der Waals surface area contributed by atoms with Crippen molar-refractivity contribution >= 4 is 27.9 Å². The summed E-state index contributed by atoms with van der Waals surface area (Å²) in [6.07, 6.45) is 3.36. The number of cyclic esters (lactones) is 1. The van der Waals surface area contributed by atoms with Crippen molar-refractivity contribution in [2.75, 3.05) is 6.61 Å². The van der Waals surface area contributed by atoms with Gasteiger partial charge in [0.25, 0.3) is 0 Å². The first-order valence-corrected chi connectivity index (χ1v) is 8.53. The number of halogens is 1. The lowest BCUT2D eigenvalue weighted by Crippen LogP contribution is -2.56. The standard InChI is InChI=1S/C17H18BrNO4/c1-2-22-16(21)17(11-7-9-12(18)10-8-11)19-14-6-4-3-5-13(14)15(20)23-17/h7-10,19H,2-6H2,1H3. The Morgan fingerprint density at radius 1 is 1.30 bits per heavy atom. The minimum atomic E-state index is -1.61. The van der Waals surface area contributed by atoms with Crippen molar-refractivity contribution in [1.29, 1.82) is 0 Å². The quantitative estimate of drug-likeness (QED) is 0.817. The van der Waals surface area contributed by atoms with E-state index in [2.05, 4.69) is 21.2 Å². The van der Waals surface area contributed by atoms with Gasteiger partial charge in [0.1, 0.15) is 0 Å². The van der Waals surface area contributed by atoms with Crippen LogP contribution >= 0.6 is 15.9 Å². The number of hydrogen-bond acceptors (Lipinski definition) is 5. The van der Waals surface area contributed by atoms with Crippen LogP contribution in [0.3, 0.4) is 0 Å². The van der Waals surface area contributed by atoms with Crippen LogP contribution in [0.2, 0.25) is 0 Å². The molecule has 0 fully saturated rings. The van der Waals surface area contributed by atoms with Gasteiger partial charge in [-0.05, 0) is 44.7 Å². The molecular formula is C17H18BrNO4. The molecule has 0 amide bonds. The first-order chi connectivity index (χ1) is 11.1. The topological polar surface area (TPSA) is 64.6 Å². The van der Waals surface area contributed by atoms with Gasteiger partial charge in [-0.3, -0.25) is 0 Å². The molecule has 0 bridgehead atoms. The second-order valence-corrected chi connectivity index (χ2v) is 6.50. The van der Waals surface area contributed by atoms with Gasteiger partial charge in [-0.2, -0.15) is 0 Å². The van der Waals surface area contributed by atoms with Crippen LogP contribution in [0.4, 0.5) is 0 Å². The van der Waals surface area contributed by atoms with E-state index in [4.69, 9.17) is 9.47 Å². The lowest BCUT2D eigenvalue weighted by atomic mass is 9.91. The Bertz CT molecular complexity index is 668. The van der Waals surface area contributed by atoms with Crippen LogP contribution in [0, 0.1) is 0 Å². The zero-order chi connectivity index (χ0) is 16.4. The summed E-state index contributed by atoms with van der Waals surface area (Å²) in [5.74, 6) is -1.04. The van der Waals surface area contributed by atoms with Crippen molar-refractivity contribution in [2.45, 2.75) is 38.3 Å². The van der Waals surface area contributed by atoms with Crippen LogP contribution in [-0.2, 0) is 24.8 Å². The van der Waals surface area contributed by atoms with Crippen molar-refractivity contribution in [3.63, 3.8) is 0 Å². The highest BCUT2D eigenvalue weighted by Gasteiger charge is 2.50. The summed E-state index contributed by atoms with van der Waals surface area (Å²) < 4.78 is 11.6. The van der Waals surface area contributed by atoms with E-state index in [1.54, 1.807) is 31.2 Å². The molecule has 1 aromatic carbocycles. The molecule has 3 rings (SSSR count). The second-order valence-electron chi connectivity index (χ2n) is 5.59. The number of benzene rings is 1. The molecule has 5 nitrogen and oxygen atoms in total. The van der Waals surface area contributed by atoms with Gasteiger partial charge in [-0.1, -0.05) is 28.1 Å². The predicted octanol–water partition coefficient (Wildman–Crippen LogP) is 3.14. The number of carbonyl (C=O) groups is 2. The Balaban J connectivity index is 2.07. The summed E-state index contributed by atoms with van der Waals surface area (Å²) in [4.78, 5) is 25.1. The maximum Gasteiger partial charge on any atom is 0.377 e. The number of nitrogens with one attached hydrogen (secondary N) is 1. The average Bonchev–Trinajstić information content (AvgIpc) is 2.55. The molecule has 6 heteroatoms. The fourth-order valence-corrected chi connectivity index (χ4v) is 3.23. The maximum atomic E-state index is 12.6. The fourth-order valence-electron chi connectivity index (χ4n) is 2.97. The van der Waals surface area contributed by atoms with Crippen molar-refractivity contribution in [3.05, 3.63) is 45.6 Å². The third-order valence-electron chi connectivity index (χ3n) is 4.10. The maximum absolute atomic E-state index is 12.6. The SMILES string of the molecule is CCOC(=O)C1(c2ccc(Br)cc2)NC2=C(CCCC2)C(=O)O1. The number of hydrogen-bond donors (Lipinski definition) is 1. The van der Waals surface area contributed by atoms with Crippen LogP contribution in [0.25, 0.3) is 0 Å². The van der Waals surface area contributed by atoms with Gasteiger partial charge in [0.15, 0.2) is 0 Å². The number of carbonyl (C=O) groups excluding carboxylic acids is 2. The van der Waals surface area contributed by atoms with Gasteiger partial charge in [0, 0.05) is 15.7 Å². The Hall–Kier alpha value is -1.82. The summed E-state index contributed by atoms with van der Waals surface area (Å²) in [6, 6.07) is 7.10. The van der Waals surface area contributed by atoms with Crippen molar-refractivity contribution in [2.24, 2.45) is 0 Å². The van der Waals surface area contributed by atoms with E-state index in [0.717, 1.165) is 29.4 Å². The van der Waals surface area contributed by atoms with Gasteiger partial charge in [-0.15, -0.1) is 0 Å². The van der Waals surface area contributed by atoms with E-state index < -0.39 is 17.7 Å². The Kier molecular flexibility index (Phi) is 4.43. The van der Waals surface area contributed by atoms with Gasteiger partial charge >= 0.3 is 17.7 Å². The molecular weight excluding hydrogens is 362 g/mol. The third kappa shape index (κ3) is 2.87. The van der Waals surface area contributed by atoms with Crippen molar-refractivity contribution in [3.8, 4) is 0 Å². The number of esters is 2. The molecule has 0 saturated carbocycles. The zero-order valence-electron chi connectivity index (χ0n) is 12.9. The Labute approximate surface area is 143 Å². The lowest BCUT2D eigenvalue weighted by Gasteiger charge is -2.39. The highest BCUT2D eigenvalue weighted by atomic mass is 79.9. The molecule has 0 aromatic heterocycles. The first-order valence-electron chi connectivity index (χ1n) is 7.73. The summed E-state index contributed by atoms with van der Waals surface area (Å²) in [5, 5.41) is 3.17. The second kappa shape index (κ2) is 6.35. The van der Waals surface area contributed by atoms with Gasteiger partial charge in [-0.25, -0.2) is 9.59 Å². The fraction of sp³-hybridized carbons (Fsp3) is 0.412. The molecule has 1 heterocycles. The van der Waals surface area contributed by atoms with E-state index >= 15 is 0 Å². The molecule has 0 saturated heterocycles. The molecule has 1 N–H and O–H groups in total. The number of rotatable bonds is 3. The molecule has 23 heavy (non-hydrogen) atoms. The minimum Gasteiger partial charge on any atom is -0.461 e. The molecule has 2 aliphatic rings. The van der Waals surface area contributed by atoms with E-state index in [9.17, 15) is 9.59 Å².